The van der Waals surface area contributed by atoms with E-state index in [0.717, 1.165) is 0 Å². The summed E-state index contributed by atoms with van der Waals surface area (Å²) in [6, 6.07) is 0. The summed E-state index contributed by atoms with van der Waals surface area (Å²) in [4.78, 5) is 10.3. The second kappa shape index (κ2) is 6.04. The SMILES string of the molecule is CO[C@@H]([C@H](OC)[C@@H](C)O)[C@H](O)C=O. The van der Waals surface area contributed by atoms with E-state index >= 15 is 0 Å². The first-order valence-electron chi connectivity index (χ1n) is 3.95. The summed E-state index contributed by atoms with van der Waals surface area (Å²) < 4.78 is 9.74. The Morgan fingerprint density at radius 2 is 1.62 bits per heavy atom. The van der Waals surface area contributed by atoms with Crippen LogP contribution >= 0.6 is 0 Å². The van der Waals surface area contributed by atoms with E-state index < -0.39 is 24.4 Å². The van der Waals surface area contributed by atoms with E-state index in [4.69, 9.17) is 9.47 Å². The molecule has 0 amide bonds. The number of carbonyl (C=O) groups is 1. The molecule has 0 aliphatic rings. The molecule has 0 bridgehead atoms. The average Bonchev–Trinajstić information content (AvgIpc) is 2.12. The zero-order valence-electron chi connectivity index (χ0n) is 8.01. The van der Waals surface area contributed by atoms with Crippen molar-refractivity contribution < 1.29 is 24.5 Å². The molecule has 13 heavy (non-hydrogen) atoms. The Morgan fingerprint density at radius 1 is 1.15 bits per heavy atom. The van der Waals surface area contributed by atoms with Crippen LogP contribution in [0.5, 0.6) is 0 Å². The summed E-state index contributed by atoms with van der Waals surface area (Å²) in [5.74, 6) is 0. The maximum absolute atomic E-state index is 10.3. The number of aliphatic hydroxyl groups is 2. The van der Waals surface area contributed by atoms with Crippen LogP contribution < -0.4 is 0 Å². The second-order valence-corrected chi connectivity index (χ2v) is 2.77. The van der Waals surface area contributed by atoms with Crippen LogP contribution in [0, 0.1) is 0 Å². The smallest absolute Gasteiger partial charge is 0.151 e. The van der Waals surface area contributed by atoms with Crippen LogP contribution in [0.25, 0.3) is 0 Å². The number of ether oxygens (including phenoxy) is 2. The summed E-state index contributed by atoms with van der Waals surface area (Å²) in [6.45, 7) is 1.50. The normalized spacial score (nSPS) is 20.4. The van der Waals surface area contributed by atoms with Crippen molar-refractivity contribution in [3.63, 3.8) is 0 Å². The molecule has 0 aromatic heterocycles. The van der Waals surface area contributed by atoms with Gasteiger partial charge < -0.3 is 24.5 Å². The molecule has 0 fully saturated rings. The van der Waals surface area contributed by atoms with Crippen molar-refractivity contribution in [2.24, 2.45) is 0 Å². The van der Waals surface area contributed by atoms with Crippen LogP contribution in [-0.4, -0.2) is 55.1 Å². The van der Waals surface area contributed by atoms with Crippen LogP contribution in [0.2, 0.25) is 0 Å². The van der Waals surface area contributed by atoms with E-state index in [2.05, 4.69) is 0 Å². The minimum absolute atomic E-state index is 0.350. The Kier molecular flexibility index (Phi) is 5.81. The molecule has 0 unspecified atom stereocenters. The summed E-state index contributed by atoms with van der Waals surface area (Å²) in [6.07, 6.45) is -3.32. The molecule has 78 valence electrons. The number of aliphatic hydroxyl groups excluding tert-OH is 2. The maximum atomic E-state index is 10.3. The van der Waals surface area contributed by atoms with E-state index in [-0.39, 0.29) is 0 Å². The Balaban J connectivity index is 4.41. The topological polar surface area (TPSA) is 76.0 Å². The predicted molar refractivity (Wildman–Crippen MR) is 45.3 cm³/mol. The fraction of sp³-hybridized carbons (Fsp3) is 0.875. The van der Waals surface area contributed by atoms with E-state index in [1.165, 1.54) is 21.1 Å². The number of hydrogen-bond acceptors (Lipinski definition) is 5. The number of methoxy groups -OCH3 is 2. The minimum Gasteiger partial charge on any atom is -0.391 e. The molecule has 5 heteroatoms. The number of carbonyl (C=O) groups excluding carboxylic acids is 1. The van der Waals surface area contributed by atoms with E-state index in [1.54, 1.807) is 0 Å². The first-order valence-corrected chi connectivity index (χ1v) is 3.95. The fourth-order valence-corrected chi connectivity index (χ4v) is 1.15. The van der Waals surface area contributed by atoms with Crippen LogP contribution in [0.15, 0.2) is 0 Å². The highest BCUT2D eigenvalue weighted by atomic mass is 16.5. The lowest BCUT2D eigenvalue weighted by Crippen LogP contribution is -2.46. The first kappa shape index (κ1) is 12.5. The lowest BCUT2D eigenvalue weighted by atomic mass is 10.0. The van der Waals surface area contributed by atoms with Crippen molar-refractivity contribution in [2.45, 2.75) is 31.3 Å². The van der Waals surface area contributed by atoms with Gasteiger partial charge in [0.05, 0.1) is 6.10 Å². The Bertz CT molecular complexity index is 147. The highest BCUT2D eigenvalue weighted by molar-refractivity contribution is 5.56. The quantitative estimate of drug-likeness (QED) is 0.525. The minimum atomic E-state index is -1.29. The van der Waals surface area contributed by atoms with Gasteiger partial charge in [0.25, 0.3) is 0 Å². The third kappa shape index (κ3) is 3.40. The summed E-state index contributed by atoms with van der Waals surface area (Å²) >= 11 is 0. The summed E-state index contributed by atoms with van der Waals surface area (Å²) in [7, 11) is 2.71. The van der Waals surface area contributed by atoms with Crippen LogP contribution in [0.3, 0.4) is 0 Å². The molecule has 4 atom stereocenters. The summed E-state index contributed by atoms with van der Waals surface area (Å²) in [5.41, 5.74) is 0. The molecular weight excluding hydrogens is 176 g/mol. The molecule has 0 aromatic rings. The van der Waals surface area contributed by atoms with Gasteiger partial charge in [-0.15, -0.1) is 0 Å². The van der Waals surface area contributed by atoms with E-state index in [9.17, 15) is 15.0 Å². The van der Waals surface area contributed by atoms with Gasteiger partial charge in [-0.25, -0.2) is 0 Å². The molecular formula is C8H16O5. The van der Waals surface area contributed by atoms with Gasteiger partial charge in [0, 0.05) is 14.2 Å². The van der Waals surface area contributed by atoms with Crippen LogP contribution in [-0.2, 0) is 14.3 Å². The molecule has 0 rings (SSSR count). The molecule has 0 saturated heterocycles. The van der Waals surface area contributed by atoms with Crippen molar-refractivity contribution in [1.82, 2.24) is 0 Å². The fourth-order valence-electron chi connectivity index (χ4n) is 1.15. The third-order valence-corrected chi connectivity index (χ3v) is 1.82. The van der Waals surface area contributed by atoms with Gasteiger partial charge in [-0.05, 0) is 6.92 Å². The van der Waals surface area contributed by atoms with Gasteiger partial charge in [-0.3, -0.25) is 0 Å². The molecule has 5 nitrogen and oxygen atoms in total. The summed E-state index contributed by atoms with van der Waals surface area (Å²) in [5, 5.41) is 18.4. The second-order valence-electron chi connectivity index (χ2n) is 2.77. The lowest BCUT2D eigenvalue weighted by Gasteiger charge is -2.28. The Labute approximate surface area is 77.3 Å². The Hall–Kier alpha value is -0.490. The van der Waals surface area contributed by atoms with Crippen molar-refractivity contribution in [2.75, 3.05) is 14.2 Å². The molecule has 0 aliphatic carbocycles. The van der Waals surface area contributed by atoms with Crippen LogP contribution in [0.4, 0.5) is 0 Å². The standard InChI is InChI=1S/C8H16O5/c1-5(10)7(12-2)8(13-3)6(11)4-9/h4-8,10-11H,1-3H3/t5-,6-,7-,8-/m1/s1. The molecule has 0 aliphatic heterocycles. The Morgan fingerprint density at radius 3 is 1.85 bits per heavy atom. The van der Waals surface area contributed by atoms with Crippen molar-refractivity contribution in [3.05, 3.63) is 0 Å². The molecule has 0 radical (unpaired) electrons. The molecule has 0 saturated carbocycles. The zero-order valence-corrected chi connectivity index (χ0v) is 8.01. The number of hydrogen-bond donors (Lipinski definition) is 2. The van der Waals surface area contributed by atoms with Gasteiger partial charge in [-0.2, -0.15) is 0 Å². The molecule has 2 N–H and O–H groups in total. The van der Waals surface area contributed by atoms with E-state index in [1.807, 2.05) is 0 Å². The zero-order chi connectivity index (χ0) is 10.4. The predicted octanol–water partition coefficient (Wildman–Crippen LogP) is -1.04. The third-order valence-electron chi connectivity index (χ3n) is 1.82. The highest BCUT2D eigenvalue weighted by Crippen LogP contribution is 2.10. The monoisotopic (exact) mass is 192 g/mol. The highest BCUT2D eigenvalue weighted by Gasteiger charge is 2.31. The van der Waals surface area contributed by atoms with Gasteiger partial charge in [0.2, 0.25) is 0 Å². The van der Waals surface area contributed by atoms with Gasteiger partial charge in [0.15, 0.2) is 6.29 Å². The average molecular weight is 192 g/mol. The van der Waals surface area contributed by atoms with Crippen LogP contribution in [0.1, 0.15) is 6.92 Å². The molecule has 0 aromatic carbocycles. The molecule has 0 spiro atoms. The van der Waals surface area contributed by atoms with Gasteiger partial charge in [-0.1, -0.05) is 0 Å². The molecule has 0 heterocycles. The van der Waals surface area contributed by atoms with Crippen molar-refractivity contribution in [1.29, 1.82) is 0 Å². The lowest BCUT2D eigenvalue weighted by molar-refractivity contribution is -0.144. The maximum Gasteiger partial charge on any atom is 0.151 e. The van der Waals surface area contributed by atoms with Gasteiger partial charge >= 0.3 is 0 Å². The largest absolute Gasteiger partial charge is 0.391 e. The first-order chi connectivity index (χ1) is 6.08. The number of aldehydes is 1. The van der Waals surface area contributed by atoms with Gasteiger partial charge in [0.1, 0.15) is 18.3 Å². The van der Waals surface area contributed by atoms with Crippen molar-refractivity contribution in [3.8, 4) is 0 Å². The number of rotatable bonds is 6. The van der Waals surface area contributed by atoms with E-state index in [0.29, 0.717) is 6.29 Å². The van der Waals surface area contributed by atoms with Crippen molar-refractivity contribution >= 4 is 6.29 Å².